The van der Waals surface area contributed by atoms with Crippen molar-refractivity contribution >= 4 is 17.7 Å². The van der Waals surface area contributed by atoms with Gasteiger partial charge in [-0.25, -0.2) is 4.79 Å². The van der Waals surface area contributed by atoms with E-state index < -0.39 is 0 Å². The van der Waals surface area contributed by atoms with Crippen molar-refractivity contribution in [2.24, 2.45) is 5.92 Å². The summed E-state index contributed by atoms with van der Waals surface area (Å²) in [5, 5.41) is 6.61. The van der Waals surface area contributed by atoms with Crippen LogP contribution in [0.5, 0.6) is 0 Å². The summed E-state index contributed by atoms with van der Waals surface area (Å²) < 4.78 is 5.41. The number of benzene rings is 2. The molecule has 1 unspecified atom stereocenters. The molecular weight excluding hydrogens is 440 g/mol. The van der Waals surface area contributed by atoms with Gasteiger partial charge in [-0.15, -0.1) is 0 Å². The standard InChI is InChI=1S/C28H28N4O3/c1-2-16-35-28(34)32-15-13-22-25(19-8-4-3-5-9-19)31-24-12-11-20(17-23(24)26(22)32)27(33)30-18-21-10-6-7-14-29-21/h2-12,14,17,22,25-26,31H,1,13,15-16,18H2,(H,30,33)/t22-,25?,26-/m0/s1. The molecule has 1 aromatic heterocycles. The van der Waals surface area contributed by atoms with Gasteiger partial charge in [-0.05, 0) is 47.9 Å². The monoisotopic (exact) mass is 468 g/mol. The van der Waals surface area contributed by atoms with Crippen LogP contribution in [0.3, 0.4) is 0 Å². The van der Waals surface area contributed by atoms with Gasteiger partial charge in [0.1, 0.15) is 6.61 Å². The maximum Gasteiger partial charge on any atom is 0.410 e. The lowest BCUT2D eigenvalue weighted by atomic mass is 9.79. The third kappa shape index (κ3) is 4.62. The second-order valence-electron chi connectivity index (χ2n) is 8.79. The summed E-state index contributed by atoms with van der Waals surface area (Å²) >= 11 is 0. The highest BCUT2D eigenvalue weighted by molar-refractivity contribution is 5.95. The Morgan fingerprint density at radius 1 is 1.14 bits per heavy atom. The van der Waals surface area contributed by atoms with Gasteiger partial charge in [0.05, 0.1) is 24.3 Å². The molecule has 5 rings (SSSR count). The first-order chi connectivity index (χ1) is 17.2. The molecule has 2 N–H and O–H groups in total. The summed E-state index contributed by atoms with van der Waals surface area (Å²) in [6.07, 6.45) is 3.74. The van der Waals surface area contributed by atoms with Gasteiger partial charge in [-0.1, -0.05) is 49.1 Å². The zero-order valence-corrected chi connectivity index (χ0v) is 19.4. The van der Waals surface area contributed by atoms with Gasteiger partial charge in [0, 0.05) is 29.9 Å². The van der Waals surface area contributed by atoms with E-state index in [4.69, 9.17) is 4.74 Å². The van der Waals surface area contributed by atoms with Gasteiger partial charge < -0.3 is 20.3 Å². The fraction of sp³-hybridized carbons (Fsp3) is 0.250. The quantitative estimate of drug-likeness (QED) is 0.505. The summed E-state index contributed by atoms with van der Waals surface area (Å²) in [6, 6.07) is 21.4. The van der Waals surface area contributed by atoms with E-state index >= 15 is 0 Å². The maximum atomic E-state index is 13.0. The number of ether oxygens (including phenoxy) is 1. The fourth-order valence-corrected chi connectivity index (χ4v) is 5.10. The predicted molar refractivity (Wildman–Crippen MR) is 134 cm³/mol. The number of anilines is 1. The summed E-state index contributed by atoms with van der Waals surface area (Å²) in [7, 11) is 0. The van der Waals surface area contributed by atoms with Crippen molar-refractivity contribution in [3.63, 3.8) is 0 Å². The zero-order valence-electron chi connectivity index (χ0n) is 19.4. The van der Waals surface area contributed by atoms with Crippen LogP contribution in [0.2, 0.25) is 0 Å². The number of amides is 2. The van der Waals surface area contributed by atoms with Crippen LogP contribution in [-0.2, 0) is 11.3 Å². The van der Waals surface area contributed by atoms with Crippen molar-refractivity contribution in [1.29, 1.82) is 0 Å². The number of carbonyl (C=O) groups is 2. The molecular formula is C28H28N4O3. The zero-order chi connectivity index (χ0) is 24.2. The van der Waals surface area contributed by atoms with Crippen LogP contribution >= 0.6 is 0 Å². The Hall–Kier alpha value is -4.13. The van der Waals surface area contributed by atoms with E-state index in [1.165, 1.54) is 5.56 Å². The van der Waals surface area contributed by atoms with E-state index in [9.17, 15) is 9.59 Å². The molecule has 1 fully saturated rings. The second-order valence-corrected chi connectivity index (χ2v) is 8.79. The Kier molecular flexibility index (Phi) is 6.48. The lowest BCUT2D eigenvalue weighted by Gasteiger charge is -2.39. The number of nitrogens with zero attached hydrogens (tertiary/aromatic N) is 2. The van der Waals surface area contributed by atoms with Crippen LogP contribution in [0.1, 0.15) is 45.7 Å². The first-order valence-corrected chi connectivity index (χ1v) is 11.8. The van der Waals surface area contributed by atoms with Crippen LogP contribution in [-0.4, -0.2) is 35.0 Å². The van der Waals surface area contributed by atoms with Crippen molar-refractivity contribution in [1.82, 2.24) is 15.2 Å². The average Bonchev–Trinajstić information content (AvgIpc) is 3.36. The van der Waals surface area contributed by atoms with Crippen LogP contribution in [0.15, 0.2) is 85.6 Å². The highest BCUT2D eigenvalue weighted by Crippen LogP contribution is 2.51. The maximum absolute atomic E-state index is 13.0. The van der Waals surface area contributed by atoms with Crippen LogP contribution < -0.4 is 10.6 Å². The number of fused-ring (bicyclic) bond motifs is 3. The first kappa shape index (κ1) is 22.7. The number of hydrogen-bond acceptors (Lipinski definition) is 5. The molecule has 0 spiro atoms. The van der Waals surface area contributed by atoms with E-state index in [2.05, 4.69) is 34.3 Å². The number of likely N-dealkylation sites (tertiary alicyclic amines) is 1. The molecule has 3 heterocycles. The molecule has 1 saturated heterocycles. The summed E-state index contributed by atoms with van der Waals surface area (Å²) in [5.41, 5.74) is 4.36. The molecule has 178 valence electrons. The highest BCUT2D eigenvalue weighted by Gasteiger charge is 2.47. The molecule has 0 aliphatic carbocycles. The Morgan fingerprint density at radius 2 is 1.97 bits per heavy atom. The van der Waals surface area contributed by atoms with Gasteiger partial charge in [0.25, 0.3) is 5.91 Å². The molecule has 2 aromatic carbocycles. The molecule has 3 aromatic rings. The lowest BCUT2D eigenvalue weighted by Crippen LogP contribution is -2.38. The predicted octanol–water partition coefficient (Wildman–Crippen LogP) is 4.86. The Labute approximate surface area is 204 Å². The number of hydrogen-bond donors (Lipinski definition) is 2. The summed E-state index contributed by atoms with van der Waals surface area (Å²) in [6.45, 7) is 4.74. The largest absolute Gasteiger partial charge is 0.445 e. The normalized spacial score (nSPS) is 20.2. The molecule has 2 aliphatic rings. The van der Waals surface area contributed by atoms with Crippen molar-refractivity contribution < 1.29 is 14.3 Å². The summed E-state index contributed by atoms with van der Waals surface area (Å²) in [5.74, 6) is -0.0352. The molecule has 35 heavy (non-hydrogen) atoms. The number of aromatic nitrogens is 1. The van der Waals surface area contributed by atoms with Crippen molar-refractivity contribution in [2.75, 3.05) is 18.5 Å². The second kappa shape index (κ2) is 10.0. The molecule has 2 amide bonds. The molecule has 0 bridgehead atoms. The van der Waals surface area contributed by atoms with Gasteiger partial charge in [-0.3, -0.25) is 9.78 Å². The molecule has 0 radical (unpaired) electrons. The Bertz CT molecular complexity index is 1220. The molecule has 2 aliphatic heterocycles. The van der Waals surface area contributed by atoms with Gasteiger partial charge in [-0.2, -0.15) is 0 Å². The SMILES string of the molecule is C=CCOC(=O)N1CC[C@H]2C(c3ccccc3)Nc3ccc(C(=O)NCc4ccccn4)cc3[C@H]21. The van der Waals surface area contributed by atoms with Gasteiger partial charge >= 0.3 is 6.09 Å². The number of pyridine rings is 1. The van der Waals surface area contributed by atoms with E-state index in [-0.39, 0.29) is 36.6 Å². The number of carbonyl (C=O) groups excluding carboxylic acids is 2. The smallest absolute Gasteiger partial charge is 0.410 e. The minimum Gasteiger partial charge on any atom is -0.445 e. The molecule has 7 nitrogen and oxygen atoms in total. The van der Waals surface area contributed by atoms with Gasteiger partial charge in [0.2, 0.25) is 0 Å². The number of nitrogens with one attached hydrogen (secondary N) is 2. The van der Waals surface area contributed by atoms with E-state index in [1.54, 1.807) is 17.2 Å². The first-order valence-electron chi connectivity index (χ1n) is 11.8. The van der Waals surface area contributed by atoms with Crippen molar-refractivity contribution in [3.8, 4) is 0 Å². The van der Waals surface area contributed by atoms with Crippen LogP contribution in [0.4, 0.5) is 10.5 Å². The van der Waals surface area contributed by atoms with Crippen LogP contribution in [0.25, 0.3) is 0 Å². The van der Waals surface area contributed by atoms with E-state index in [1.807, 2.05) is 54.6 Å². The lowest BCUT2D eigenvalue weighted by molar-refractivity contribution is 0.0950. The van der Waals surface area contributed by atoms with Crippen LogP contribution in [0, 0.1) is 5.92 Å². The Balaban J connectivity index is 1.45. The minimum atomic E-state index is -0.359. The fourth-order valence-electron chi connectivity index (χ4n) is 5.10. The molecule has 0 saturated carbocycles. The molecule has 7 heteroatoms. The molecule has 3 atom stereocenters. The number of rotatable bonds is 6. The third-order valence-electron chi connectivity index (χ3n) is 6.69. The topological polar surface area (TPSA) is 83.6 Å². The van der Waals surface area contributed by atoms with E-state index in [0.717, 1.165) is 23.4 Å². The van der Waals surface area contributed by atoms with E-state index in [0.29, 0.717) is 18.7 Å². The van der Waals surface area contributed by atoms with Gasteiger partial charge in [0.15, 0.2) is 0 Å². The third-order valence-corrected chi connectivity index (χ3v) is 6.69. The summed E-state index contributed by atoms with van der Waals surface area (Å²) in [4.78, 5) is 32.0. The van der Waals surface area contributed by atoms with Crippen molar-refractivity contribution in [3.05, 3.63) is 108 Å². The minimum absolute atomic E-state index is 0.0507. The Morgan fingerprint density at radius 3 is 2.74 bits per heavy atom. The van der Waals surface area contributed by atoms with Crippen molar-refractivity contribution in [2.45, 2.75) is 25.0 Å². The average molecular weight is 469 g/mol. The highest BCUT2D eigenvalue weighted by atomic mass is 16.6.